The standard InChI is InChI=1S/C24H22N6O2S/c1-15-28-29-23(33-15)19-11-18-12-21(26-14-20(18)25-13-19)27-22(31)16-7-9-30(10-8-16)24(32)17-5-3-2-4-6-17/h2-6,11-14,16H,7-10H2,1H3,(H,26,27,31). The van der Waals surface area contributed by atoms with E-state index in [4.69, 9.17) is 0 Å². The molecular formula is C24H22N6O2S. The largest absolute Gasteiger partial charge is 0.339 e. The minimum absolute atomic E-state index is 0.0135. The van der Waals surface area contributed by atoms with Gasteiger partial charge in [0.1, 0.15) is 15.8 Å². The average Bonchev–Trinajstić information content (AvgIpc) is 3.30. The lowest BCUT2D eigenvalue weighted by atomic mass is 9.95. The molecule has 0 unspecified atom stereocenters. The molecule has 1 aromatic carbocycles. The van der Waals surface area contributed by atoms with Gasteiger partial charge in [0.05, 0.1) is 11.7 Å². The highest BCUT2D eigenvalue weighted by molar-refractivity contribution is 7.14. The molecule has 1 saturated heterocycles. The first-order valence-electron chi connectivity index (χ1n) is 10.8. The number of pyridine rings is 2. The zero-order chi connectivity index (χ0) is 22.8. The predicted octanol–water partition coefficient (Wildman–Crippen LogP) is 3.95. The molecule has 1 fully saturated rings. The van der Waals surface area contributed by atoms with Crippen LogP contribution >= 0.6 is 11.3 Å². The Morgan fingerprint density at radius 2 is 1.82 bits per heavy atom. The van der Waals surface area contributed by atoms with Crippen LogP contribution in [0.25, 0.3) is 21.5 Å². The van der Waals surface area contributed by atoms with Gasteiger partial charge in [-0.1, -0.05) is 29.5 Å². The zero-order valence-corrected chi connectivity index (χ0v) is 18.9. The number of carbonyl (C=O) groups is 2. The molecule has 2 amide bonds. The molecule has 3 aromatic heterocycles. The van der Waals surface area contributed by atoms with Crippen molar-refractivity contribution in [1.29, 1.82) is 0 Å². The normalized spacial score (nSPS) is 14.4. The number of hydrogen-bond donors (Lipinski definition) is 1. The second-order valence-corrected chi connectivity index (χ2v) is 9.22. The molecule has 0 aliphatic carbocycles. The molecule has 33 heavy (non-hydrogen) atoms. The molecule has 8 nitrogen and oxygen atoms in total. The van der Waals surface area contributed by atoms with E-state index in [1.54, 1.807) is 12.4 Å². The summed E-state index contributed by atoms with van der Waals surface area (Å²) in [6, 6.07) is 13.0. The number of aryl methyl sites for hydroxylation is 1. The Morgan fingerprint density at radius 1 is 1.03 bits per heavy atom. The van der Waals surface area contributed by atoms with Gasteiger partial charge in [-0.15, -0.1) is 10.2 Å². The number of aromatic nitrogens is 4. The van der Waals surface area contributed by atoms with Gasteiger partial charge in [0.25, 0.3) is 5.91 Å². The van der Waals surface area contributed by atoms with Crippen molar-refractivity contribution in [1.82, 2.24) is 25.1 Å². The second-order valence-electron chi connectivity index (χ2n) is 8.03. The number of piperidine rings is 1. The number of anilines is 1. The third-order valence-corrected chi connectivity index (χ3v) is 6.65. The zero-order valence-electron chi connectivity index (χ0n) is 18.1. The van der Waals surface area contributed by atoms with Crippen LogP contribution in [-0.4, -0.2) is 50.0 Å². The third-order valence-electron chi connectivity index (χ3n) is 5.77. The topological polar surface area (TPSA) is 101 Å². The summed E-state index contributed by atoms with van der Waals surface area (Å²) in [4.78, 5) is 36.1. The lowest BCUT2D eigenvalue weighted by Gasteiger charge is -2.31. The van der Waals surface area contributed by atoms with E-state index < -0.39 is 0 Å². The van der Waals surface area contributed by atoms with Crippen molar-refractivity contribution < 1.29 is 9.59 Å². The van der Waals surface area contributed by atoms with Gasteiger partial charge in [-0.2, -0.15) is 0 Å². The first kappa shape index (κ1) is 21.1. The summed E-state index contributed by atoms with van der Waals surface area (Å²) in [7, 11) is 0. The van der Waals surface area contributed by atoms with Crippen LogP contribution in [0.5, 0.6) is 0 Å². The number of nitrogens with one attached hydrogen (secondary N) is 1. The van der Waals surface area contributed by atoms with E-state index in [1.165, 1.54) is 11.3 Å². The Balaban J connectivity index is 1.24. The number of likely N-dealkylation sites (tertiary alicyclic amines) is 1. The molecule has 4 aromatic rings. The first-order valence-corrected chi connectivity index (χ1v) is 11.6. The fraction of sp³-hybridized carbons (Fsp3) is 0.250. The maximum Gasteiger partial charge on any atom is 0.253 e. The summed E-state index contributed by atoms with van der Waals surface area (Å²) in [5.41, 5.74) is 2.30. The Labute approximate surface area is 194 Å². The highest BCUT2D eigenvalue weighted by atomic mass is 32.1. The summed E-state index contributed by atoms with van der Waals surface area (Å²) in [6.45, 7) is 3.03. The third kappa shape index (κ3) is 4.58. The van der Waals surface area contributed by atoms with Crippen molar-refractivity contribution in [2.24, 2.45) is 5.92 Å². The predicted molar refractivity (Wildman–Crippen MR) is 127 cm³/mol. The van der Waals surface area contributed by atoms with Crippen molar-refractivity contribution in [3.05, 3.63) is 65.4 Å². The molecule has 0 saturated carbocycles. The molecule has 0 spiro atoms. The van der Waals surface area contributed by atoms with Crippen molar-refractivity contribution in [3.63, 3.8) is 0 Å². The van der Waals surface area contributed by atoms with Crippen LogP contribution in [0.15, 0.2) is 54.9 Å². The van der Waals surface area contributed by atoms with Gasteiger partial charge in [0.2, 0.25) is 5.91 Å². The van der Waals surface area contributed by atoms with E-state index in [-0.39, 0.29) is 17.7 Å². The molecule has 166 valence electrons. The fourth-order valence-corrected chi connectivity index (χ4v) is 4.64. The second kappa shape index (κ2) is 9.03. The van der Waals surface area contributed by atoms with E-state index in [0.717, 1.165) is 26.5 Å². The molecular weight excluding hydrogens is 436 g/mol. The molecule has 1 aliphatic heterocycles. The van der Waals surface area contributed by atoms with E-state index in [2.05, 4.69) is 25.5 Å². The summed E-state index contributed by atoms with van der Waals surface area (Å²) < 4.78 is 0. The number of rotatable bonds is 4. The van der Waals surface area contributed by atoms with Crippen molar-refractivity contribution in [2.45, 2.75) is 19.8 Å². The van der Waals surface area contributed by atoms with Crippen LogP contribution in [0.1, 0.15) is 28.2 Å². The highest BCUT2D eigenvalue weighted by Gasteiger charge is 2.28. The van der Waals surface area contributed by atoms with E-state index >= 15 is 0 Å². The molecule has 0 bridgehead atoms. The number of carbonyl (C=O) groups excluding carboxylic acids is 2. The minimum Gasteiger partial charge on any atom is -0.339 e. The van der Waals surface area contributed by atoms with Crippen LogP contribution in [0.2, 0.25) is 0 Å². The molecule has 4 heterocycles. The smallest absolute Gasteiger partial charge is 0.253 e. The summed E-state index contributed by atoms with van der Waals surface area (Å²) >= 11 is 1.51. The Morgan fingerprint density at radius 3 is 2.55 bits per heavy atom. The molecule has 5 rings (SSSR count). The summed E-state index contributed by atoms with van der Waals surface area (Å²) in [5.74, 6) is 0.274. The van der Waals surface area contributed by atoms with Gasteiger partial charge >= 0.3 is 0 Å². The summed E-state index contributed by atoms with van der Waals surface area (Å²) in [6.07, 6.45) is 4.66. The monoisotopic (exact) mass is 458 g/mol. The van der Waals surface area contributed by atoms with Gasteiger partial charge in [-0.3, -0.25) is 14.6 Å². The van der Waals surface area contributed by atoms with E-state index in [1.807, 2.05) is 54.3 Å². The fourth-order valence-electron chi connectivity index (χ4n) is 3.97. The van der Waals surface area contributed by atoms with Crippen molar-refractivity contribution >= 4 is 39.9 Å². The quantitative estimate of drug-likeness (QED) is 0.497. The van der Waals surface area contributed by atoms with Crippen LogP contribution in [-0.2, 0) is 4.79 Å². The molecule has 0 radical (unpaired) electrons. The number of hydrogen-bond acceptors (Lipinski definition) is 7. The highest BCUT2D eigenvalue weighted by Crippen LogP contribution is 2.27. The van der Waals surface area contributed by atoms with Crippen LogP contribution in [0.4, 0.5) is 5.82 Å². The van der Waals surface area contributed by atoms with Gasteiger partial charge in [-0.05, 0) is 44.0 Å². The molecule has 1 aliphatic rings. The Bertz CT molecular complexity index is 1320. The van der Waals surface area contributed by atoms with Gasteiger partial charge < -0.3 is 10.2 Å². The van der Waals surface area contributed by atoms with Crippen molar-refractivity contribution in [2.75, 3.05) is 18.4 Å². The maximum atomic E-state index is 12.9. The number of nitrogens with zero attached hydrogens (tertiary/aromatic N) is 5. The van der Waals surface area contributed by atoms with E-state index in [9.17, 15) is 9.59 Å². The van der Waals surface area contributed by atoms with E-state index in [0.29, 0.717) is 37.3 Å². The minimum atomic E-state index is -0.156. The summed E-state index contributed by atoms with van der Waals surface area (Å²) in [5, 5.41) is 13.7. The lowest BCUT2D eigenvalue weighted by Crippen LogP contribution is -2.41. The number of fused-ring (bicyclic) bond motifs is 1. The number of benzene rings is 1. The Hall–Kier alpha value is -3.72. The molecule has 9 heteroatoms. The SMILES string of the molecule is Cc1nnc(-c2cnc3cnc(NC(=O)C4CCN(C(=O)c5ccccc5)CC4)cc3c2)s1. The van der Waals surface area contributed by atoms with Crippen LogP contribution in [0, 0.1) is 12.8 Å². The molecule has 0 atom stereocenters. The Kier molecular flexibility index (Phi) is 5.78. The van der Waals surface area contributed by atoms with Crippen molar-refractivity contribution in [3.8, 4) is 10.6 Å². The van der Waals surface area contributed by atoms with Gasteiger partial charge in [-0.25, -0.2) is 4.98 Å². The average molecular weight is 459 g/mol. The first-order chi connectivity index (χ1) is 16.1. The van der Waals surface area contributed by atoms with Gasteiger partial charge in [0, 0.05) is 41.7 Å². The van der Waals surface area contributed by atoms with Gasteiger partial charge in [0.15, 0.2) is 0 Å². The number of amides is 2. The lowest BCUT2D eigenvalue weighted by molar-refractivity contribution is -0.121. The van der Waals surface area contributed by atoms with Crippen LogP contribution < -0.4 is 5.32 Å². The van der Waals surface area contributed by atoms with Crippen LogP contribution in [0.3, 0.4) is 0 Å². The maximum absolute atomic E-state index is 12.9. The molecule has 1 N–H and O–H groups in total.